The highest BCUT2D eigenvalue weighted by Crippen LogP contribution is 2.17. The van der Waals surface area contributed by atoms with Crippen molar-refractivity contribution in [3.8, 4) is 0 Å². The fraction of sp³-hybridized carbons (Fsp3) is 0.0556. The van der Waals surface area contributed by atoms with E-state index in [0.29, 0.717) is 5.69 Å². The third-order valence-corrected chi connectivity index (χ3v) is 3.94. The molecule has 132 valence electrons. The van der Waals surface area contributed by atoms with E-state index in [1.165, 1.54) is 18.4 Å². The van der Waals surface area contributed by atoms with E-state index in [4.69, 9.17) is 27.6 Å². The zero-order valence-electron chi connectivity index (χ0n) is 13.3. The van der Waals surface area contributed by atoms with Crippen molar-refractivity contribution >= 4 is 40.7 Å². The molecule has 6 nitrogen and oxygen atoms in total. The number of nitrogens with one attached hydrogen (secondary N) is 2. The predicted octanol–water partition coefficient (Wildman–Crippen LogP) is 4.16. The summed E-state index contributed by atoms with van der Waals surface area (Å²) in [4.78, 5) is 28.0. The van der Waals surface area contributed by atoms with Crippen LogP contribution in [0.1, 0.15) is 26.5 Å². The molecular formula is C18H13Cl2N3O3. The third-order valence-electron chi connectivity index (χ3n) is 3.44. The average Bonchev–Trinajstić information content (AvgIpc) is 3.15. The quantitative estimate of drug-likeness (QED) is 0.641. The van der Waals surface area contributed by atoms with Gasteiger partial charge in [-0.3, -0.25) is 9.59 Å². The molecular weight excluding hydrogens is 377 g/mol. The number of halogens is 2. The Balaban J connectivity index is 1.63. The van der Waals surface area contributed by atoms with E-state index in [-0.39, 0.29) is 40.0 Å². The molecule has 0 atom stereocenters. The van der Waals surface area contributed by atoms with Crippen LogP contribution in [0.3, 0.4) is 0 Å². The summed E-state index contributed by atoms with van der Waals surface area (Å²) in [5.41, 5.74) is 1.62. The first kappa shape index (κ1) is 18.0. The Labute approximate surface area is 159 Å². The van der Waals surface area contributed by atoms with Gasteiger partial charge in [-0.25, -0.2) is 4.98 Å². The molecule has 0 saturated heterocycles. The number of carbonyl (C=O) groups is 2. The van der Waals surface area contributed by atoms with Gasteiger partial charge in [0.1, 0.15) is 10.3 Å². The topological polar surface area (TPSA) is 84.2 Å². The molecule has 2 amide bonds. The lowest BCUT2D eigenvalue weighted by atomic mass is 10.2. The molecule has 0 unspecified atom stereocenters. The largest absolute Gasteiger partial charge is 0.459 e. The van der Waals surface area contributed by atoms with Gasteiger partial charge in [0.15, 0.2) is 5.76 Å². The summed E-state index contributed by atoms with van der Waals surface area (Å²) in [6.45, 7) is 0.252. The van der Waals surface area contributed by atoms with Crippen molar-refractivity contribution in [2.45, 2.75) is 6.54 Å². The number of pyridine rings is 1. The van der Waals surface area contributed by atoms with Crippen molar-refractivity contribution in [1.82, 2.24) is 10.3 Å². The summed E-state index contributed by atoms with van der Waals surface area (Å²) in [5.74, 6) is -0.506. The molecule has 3 rings (SSSR count). The summed E-state index contributed by atoms with van der Waals surface area (Å²) in [5, 5.41) is 5.73. The van der Waals surface area contributed by atoms with E-state index in [1.807, 2.05) is 6.07 Å². The Hall–Kier alpha value is -2.83. The summed E-state index contributed by atoms with van der Waals surface area (Å²) < 4.78 is 5.05. The Morgan fingerprint density at radius 1 is 1.04 bits per heavy atom. The summed E-state index contributed by atoms with van der Waals surface area (Å²) in [6, 6.07) is 13.3. The van der Waals surface area contributed by atoms with Crippen LogP contribution in [0.4, 0.5) is 5.69 Å². The van der Waals surface area contributed by atoms with E-state index in [9.17, 15) is 9.59 Å². The van der Waals surface area contributed by atoms with Gasteiger partial charge in [0.05, 0.1) is 11.8 Å². The molecule has 1 aromatic carbocycles. The van der Waals surface area contributed by atoms with Crippen LogP contribution in [0.2, 0.25) is 10.3 Å². The third kappa shape index (κ3) is 4.41. The molecule has 2 heterocycles. The van der Waals surface area contributed by atoms with Crippen LogP contribution < -0.4 is 10.6 Å². The zero-order valence-corrected chi connectivity index (χ0v) is 14.8. The molecule has 0 fully saturated rings. The second kappa shape index (κ2) is 8.03. The number of rotatable bonds is 5. The Bertz CT molecular complexity index is 943. The molecule has 0 saturated carbocycles. The molecule has 0 radical (unpaired) electrons. The standard InChI is InChI=1S/C18H13Cl2N3O3/c19-15-7-6-13(16(20)23-15)17(24)21-10-11-3-1-4-12(9-11)22-18(25)14-5-2-8-26-14/h1-9H,10H2,(H,21,24)(H,22,25). The van der Waals surface area contributed by atoms with Crippen LogP contribution in [-0.2, 0) is 6.54 Å². The molecule has 0 aliphatic heterocycles. The summed E-state index contributed by atoms with van der Waals surface area (Å²) in [7, 11) is 0. The normalized spacial score (nSPS) is 10.4. The molecule has 2 aromatic heterocycles. The van der Waals surface area contributed by atoms with Gasteiger partial charge < -0.3 is 15.1 Å². The second-order valence-electron chi connectivity index (χ2n) is 5.29. The summed E-state index contributed by atoms with van der Waals surface area (Å²) in [6.07, 6.45) is 1.43. The van der Waals surface area contributed by atoms with Crippen molar-refractivity contribution in [3.63, 3.8) is 0 Å². The molecule has 0 aliphatic carbocycles. The first-order valence-corrected chi connectivity index (χ1v) is 8.32. The van der Waals surface area contributed by atoms with Gasteiger partial charge in [0.25, 0.3) is 11.8 Å². The Morgan fingerprint density at radius 3 is 2.62 bits per heavy atom. The number of aromatic nitrogens is 1. The molecule has 2 N–H and O–H groups in total. The van der Waals surface area contributed by atoms with Crippen LogP contribution in [-0.4, -0.2) is 16.8 Å². The molecule has 0 spiro atoms. The van der Waals surface area contributed by atoms with Crippen molar-refractivity contribution in [2.24, 2.45) is 0 Å². The highest BCUT2D eigenvalue weighted by molar-refractivity contribution is 6.34. The Kier molecular flexibility index (Phi) is 5.55. The van der Waals surface area contributed by atoms with Gasteiger partial charge in [-0.05, 0) is 42.0 Å². The lowest BCUT2D eigenvalue weighted by molar-refractivity contribution is 0.0949. The minimum Gasteiger partial charge on any atom is -0.459 e. The summed E-state index contributed by atoms with van der Waals surface area (Å²) >= 11 is 11.6. The van der Waals surface area contributed by atoms with Gasteiger partial charge in [-0.15, -0.1) is 0 Å². The minimum atomic E-state index is -0.371. The van der Waals surface area contributed by atoms with Crippen LogP contribution in [0, 0.1) is 0 Å². The fourth-order valence-corrected chi connectivity index (χ4v) is 2.65. The highest BCUT2D eigenvalue weighted by atomic mass is 35.5. The lowest BCUT2D eigenvalue weighted by Crippen LogP contribution is -2.23. The maximum atomic E-state index is 12.2. The van der Waals surface area contributed by atoms with E-state index < -0.39 is 0 Å². The molecule has 0 bridgehead atoms. The molecule has 0 aliphatic rings. The monoisotopic (exact) mass is 389 g/mol. The van der Waals surface area contributed by atoms with Crippen molar-refractivity contribution in [2.75, 3.05) is 5.32 Å². The SMILES string of the molecule is O=C(Nc1cccc(CNC(=O)c2ccc(Cl)nc2Cl)c1)c1ccco1. The highest BCUT2D eigenvalue weighted by Gasteiger charge is 2.12. The van der Waals surface area contributed by atoms with Crippen molar-refractivity contribution in [1.29, 1.82) is 0 Å². The number of hydrogen-bond donors (Lipinski definition) is 2. The number of nitrogens with zero attached hydrogens (tertiary/aromatic N) is 1. The van der Waals surface area contributed by atoms with Crippen LogP contribution in [0.15, 0.2) is 59.2 Å². The Morgan fingerprint density at radius 2 is 1.88 bits per heavy atom. The maximum Gasteiger partial charge on any atom is 0.291 e. The van der Waals surface area contributed by atoms with Gasteiger partial charge in [-0.2, -0.15) is 0 Å². The van der Waals surface area contributed by atoms with E-state index in [0.717, 1.165) is 5.56 Å². The van der Waals surface area contributed by atoms with Crippen molar-refractivity contribution in [3.05, 3.63) is 82.0 Å². The minimum absolute atomic E-state index is 0.0365. The van der Waals surface area contributed by atoms with Gasteiger partial charge in [-0.1, -0.05) is 35.3 Å². The molecule has 8 heteroatoms. The predicted molar refractivity (Wildman–Crippen MR) is 98.5 cm³/mol. The number of carbonyl (C=O) groups excluding carboxylic acids is 2. The van der Waals surface area contributed by atoms with Crippen LogP contribution in [0.25, 0.3) is 0 Å². The lowest BCUT2D eigenvalue weighted by Gasteiger charge is -2.09. The van der Waals surface area contributed by atoms with E-state index in [1.54, 1.807) is 30.3 Å². The number of hydrogen-bond acceptors (Lipinski definition) is 4. The van der Waals surface area contributed by atoms with Gasteiger partial charge in [0, 0.05) is 12.2 Å². The van der Waals surface area contributed by atoms with Gasteiger partial charge in [0.2, 0.25) is 0 Å². The average molecular weight is 390 g/mol. The smallest absolute Gasteiger partial charge is 0.291 e. The van der Waals surface area contributed by atoms with E-state index in [2.05, 4.69) is 15.6 Å². The number of amides is 2. The maximum absolute atomic E-state index is 12.2. The number of benzene rings is 1. The first-order valence-electron chi connectivity index (χ1n) is 7.57. The van der Waals surface area contributed by atoms with Crippen LogP contribution in [0.5, 0.6) is 0 Å². The fourth-order valence-electron chi connectivity index (χ4n) is 2.22. The second-order valence-corrected chi connectivity index (χ2v) is 6.03. The molecule has 3 aromatic rings. The molecule has 26 heavy (non-hydrogen) atoms. The first-order chi connectivity index (χ1) is 12.5. The van der Waals surface area contributed by atoms with Crippen LogP contribution >= 0.6 is 23.2 Å². The zero-order chi connectivity index (χ0) is 18.5. The number of furan rings is 1. The van der Waals surface area contributed by atoms with Crippen molar-refractivity contribution < 1.29 is 14.0 Å². The number of anilines is 1. The van der Waals surface area contributed by atoms with Gasteiger partial charge >= 0.3 is 0 Å². The van der Waals surface area contributed by atoms with E-state index >= 15 is 0 Å².